The number of rotatable bonds is 2. The van der Waals surface area contributed by atoms with Crippen LogP contribution in [0.3, 0.4) is 0 Å². The molecule has 2 rings (SSSR count). The van der Waals surface area contributed by atoms with E-state index in [1.807, 2.05) is 0 Å². The SMILES string of the molecule is Nc1ncc([N+](=O)[O-])c(-c2c(F)ccc(Br)c2F)n1. The molecule has 1 aromatic carbocycles. The van der Waals surface area contributed by atoms with Crippen molar-refractivity contribution in [2.45, 2.75) is 0 Å². The number of nitrogen functional groups attached to an aromatic ring is 1. The summed E-state index contributed by atoms with van der Waals surface area (Å²) in [5.74, 6) is -2.30. The molecule has 0 fully saturated rings. The summed E-state index contributed by atoms with van der Waals surface area (Å²) in [6, 6.07) is 2.11. The van der Waals surface area contributed by atoms with Gasteiger partial charge in [-0.25, -0.2) is 18.7 Å². The van der Waals surface area contributed by atoms with Gasteiger partial charge in [0.25, 0.3) is 0 Å². The molecule has 0 saturated heterocycles. The van der Waals surface area contributed by atoms with Crippen LogP contribution in [0.4, 0.5) is 20.4 Å². The van der Waals surface area contributed by atoms with E-state index in [9.17, 15) is 18.9 Å². The molecule has 0 radical (unpaired) electrons. The maximum atomic E-state index is 13.9. The molecule has 0 amide bonds. The summed E-state index contributed by atoms with van der Waals surface area (Å²) in [6.07, 6.45) is 0.803. The number of nitrogens with two attached hydrogens (primary N) is 1. The Kier molecular flexibility index (Phi) is 3.38. The lowest BCUT2D eigenvalue weighted by molar-refractivity contribution is -0.384. The van der Waals surface area contributed by atoms with Gasteiger partial charge in [0.05, 0.1) is 15.0 Å². The van der Waals surface area contributed by atoms with E-state index >= 15 is 0 Å². The van der Waals surface area contributed by atoms with Crippen LogP contribution < -0.4 is 5.73 Å². The molecule has 0 saturated carbocycles. The van der Waals surface area contributed by atoms with E-state index in [1.54, 1.807) is 0 Å². The van der Waals surface area contributed by atoms with Crippen LogP contribution in [0.15, 0.2) is 22.8 Å². The van der Waals surface area contributed by atoms with Crippen molar-refractivity contribution < 1.29 is 13.7 Å². The molecular weight excluding hydrogens is 326 g/mol. The van der Waals surface area contributed by atoms with Gasteiger partial charge in [0.1, 0.15) is 17.8 Å². The minimum absolute atomic E-state index is 0.0459. The van der Waals surface area contributed by atoms with Gasteiger partial charge in [-0.05, 0) is 28.1 Å². The third-order valence-corrected chi connectivity index (χ3v) is 2.88. The number of anilines is 1. The van der Waals surface area contributed by atoms with Gasteiger partial charge in [-0.3, -0.25) is 10.1 Å². The van der Waals surface area contributed by atoms with Crippen LogP contribution in [0.25, 0.3) is 11.3 Å². The highest BCUT2D eigenvalue weighted by Crippen LogP contribution is 2.34. The third-order valence-electron chi connectivity index (χ3n) is 2.27. The number of nitrogens with zero attached hydrogens (tertiary/aromatic N) is 3. The van der Waals surface area contributed by atoms with E-state index in [4.69, 9.17) is 5.73 Å². The molecule has 0 bridgehead atoms. The van der Waals surface area contributed by atoms with Crippen LogP contribution in [0.1, 0.15) is 0 Å². The van der Waals surface area contributed by atoms with Gasteiger partial charge in [-0.15, -0.1) is 0 Å². The highest BCUT2D eigenvalue weighted by molar-refractivity contribution is 9.10. The van der Waals surface area contributed by atoms with Gasteiger partial charge in [0, 0.05) is 0 Å². The molecule has 6 nitrogen and oxygen atoms in total. The van der Waals surface area contributed by atoms with Crippen LogP contribution in [-0.4, -0.2) is 14.9 Å². The van der Waals surface area contributed by atoms with Gasteiger partial charge < -0.3 is 5.73 Å². The Morgan fingerprint density at radius 3 is 2.68 bits per heavy atom. The first-order valence-electron chi connectivity index (χ1n) is 4.82. The zero-order chi connectivity index (χ0) is 14.2. The number of aromatic nitrogens is 2. The molecule has 0 atom stereocenters. The molecule has 2 N–H and O–H groups in total. The molecular formula is C10H5BrF2N4O2. The van der Waals surface area contributed by atoms with E-state index < -0.39 is 33.5 Å². The van der Waals surface area contributed by atoms with Crippen molar-refractivity contribution in [1.29, 1.82) is 0 Å². The number of benzene rings is 1. The minimum atomic E-state index is -0.999. The van der Waals surface area contributed by atoms with Crippen LogP contribution in [0, 0.1) is 21.7 Å². The van der Waals surface area contributed by atoms with Gasteiger partial charge in [0.15, 0.2) is 5.69 Å². The molecule has 0 unspecified atom stereocenters. The number of nitro groups is 1. The Labute approximate surface area is 113 Å². The summed E-state index contributed by atoms with van der Waals surface area (Å²) in [6.45, 7) is 0. The Balaban J connectivity index is 2.82. The van der Waals surface area contributed by atoms with Crippen LogP contribution in [-0.2, 0) is 0 Å². The Morgan fingerprint density at radius 1 is 1.37 bits per heavy atom. The first-order valence-corrected chi connectivity index (χ1v) is 5.62. The predicted molar refractivity (Wildman–Crippen MR) is 66.2 cm³/mol. The summed E-state index contributed by atoms with van der Waals surface area (Å²) in [7, 11) is 0. The lowest BCUT2D eigenvalue weighted by atomic mass is 10.1. The van der Waals surface area contributed by atoms with E-state index in [2.05, 4.69) is 25.9 Å². The van der Waals surface area contributed by atoms with E-state index in [1.165, 1.54) is 0 Å². The monoisotopic (exact) mass is 330 g/mol. The molecule has 98 valence electrons. The lowest BCUT2D eigenvalue weighted by Gasteiger charge is -2.06. The molecule has 2 aromatic rings. The zero-order valence-corrected chi connectivity index (χ0v) is 10.7. The van der Waals surface area contributed by atoms with Crippen molar-refractivity contribution in [3.8, 4) is 11.3 Å². The van der Waals surface area contributed by atoms with E-state index in [0.29, 0.717) is 0 Å². The second-order valence-corrected chi connectivity index (χ2v) is 4.29. The van der Waals surface area contributed by atoms with E-state index in [0.717, 1.165) is 18.3 Å². The van der Waals surface area contributed by atoms with Crippen LogP contribution in [0.2, 0.25) is 0 Å². The fraction of sp³-hybridized carbons (Fsp3) is 0. The van der Waals surface area contributed by atoms with Crippen molar-refractivity contribution in [2.75, 3.05) is 5.73 Å². The Morgan fingerprint density at radius 2 is 2.05 bits per heavy atom. The Bertz CT molecular complexity index is 681. The standard InChI is InChI=1S/C10H5BrF2N4O2/c11-4-1-2-5(12)7(8(4)13)9-6(17(18)19)3-15-10(14)16-9/h1-3H,(H2,14,15,16). The van der Waals surface area contributed by atoms with E-state index in [-0.39, 0.29) is 10.4 Å². The van der Waals surface area contributed by atoms with Crippen molar-refractivity contribution in [3.63, 3.8) is 0 Å². The van der Waals surface area contributed by atoms with Crippen molar-refractivity contribution in [1.82, 2.24) is 9.97 Å². The zero-order valence-electron chi connectivity index (χ0n) is 9.10. The normalized spacial score (nSPS) is 10.5. The van der Waals surface area contributed by atoms with Crippen molar-refractivity contribution in [2.24, 2.45) is 0 Å². The second kappa shape index (κ2) is 4.84. The molecule has 1 aromatic heterocycles. The summed E-state index contributed by atoms with van der Waals surface area (Å²) in [4.78, 5) is 17.0. The summed E-state index contributed by atoms with van der Waals surface area (Å²) < 4.78 is 27.6. The second-order valence-electron chi connectivity index (χ2n) is 3.44. The first-order chi connectivity index (χ1) is 8.91. The first kappa shape index (κ1) is 13.3. The summed E-state index contributed by atoms with van der Waals surface area (Å²) in [5, 5.41) is 10.8. The van der Waals surface area contributed by atoms with Crippen LogP contribution >= 0.6 is 15.9 Å². The topological polar surface area (TPSA) is 94.9 Å². The minimum Gasteiger partial charge on any atom is -0.368 e. The highest BCUT2D eigenvalue weighted by atomic mass is 79.9. The maximum absolute atomic E-state index is 13.9. The van der Waals surface area contributed by atoms with Crippen LogP contribution in [0.5, 0.6) is 0 Å². The Hall–Kier alpha value is -2.16. The molecule has 0 spiro atoms. The fourth-order valence-corrected chi connectivity index (χ4v) is 1.78. The molecule has 0 aliphatic heterocycles. The smallest absolute Gasteiger partial charge is 0.314 e. The quantitative estimate of drug-likeness (QED) is 0.519. The number of hydrogen-bond acceptors (Lipinski definition) is 5. The average molecular weight is 331 g/mol. The maximum Gasteiger partial charge on any atom is 0.314 e. The van der Waals surface area contributed by atoms with Crippen molar-refractivity contribution in [3.05, 3.63) is 44.6 Å². The largest absolute Gasteiger partial charge is 0.368 e. The highest BCUT2D eigenvalue weighted by Gasteiger charge is 2.25. The van der Waals surface area contributed by atoms with Gasteiger partial charge in [-0.1, -0.05) is 0 Å². The summed E-state index contributed by atoms with van der Waals surface area (Å²) >= 11 is 2.87. The average Bonchev–Trinajstić information content (AvgIpc) is 2.34. The fourth-order valence-electron chi connectivity index (χ4n) is 1.45. The number of hydrogen-bond donors (Lipinski definition) is 1. The predicted octanol–water partition coefficient (Wildman–Crippen LogP) is 2.67. The number of halogens is 3. The lowest BCUT2D eigenvalue weighted by Crippen LogP contribution is -2.03. The van der Waals surface area contributed by atoms with Gasteiger partial charge in [-0.2, -0.15) is 0 Å². The molecule has 1 heterocycles. The molecule has 19 heavy (non-hydrogen) atoms. The van der Waals surface area contributed by atoms with Crippen molar-refractivity contribution >= 4 is 27.6 Å². The van der Waals surface area contributed by atoms with Gasteiger partial charge >= 0.3 is 5.69 Å². The molecule has 0 aliphatic carbocycles. The molecule has 0 aliphatic rings. The third kappa shape index (κ3) is 2.36. The summed E-state index contributed by atoms with van der Waals surface area (Å²) in [5.41, 5.74) is 3.53. The van der Waals surface area contributed by atoms with Gasteiger partial charge in [0.2, 0.25) is 5.95 Å². The molecule has 9 heteroatoms.